The number of nitrogens with zero attached hydrogens (tertiary/aromatic N) is 4. The number of ether oxygens (including phenoxy) is 1. The molecule has 0 unspecified atom stereocenters. The lowest BCUT2D eigenvalue weighted by Gasteiger charge is -2.14. The first-order valence-electron chi connectivity index (χ1n) is 13.1. The van der Waals surface area contributed by atoms with Gasteiger partial charge in [-0.1, -0.05) is 35.1 Å². The second kappa shape index (κ2) is 11.6. The van der Waals surface area contributed by atoms with E-state index >= 15 is 0 Å². The van der Waals surface area contributed by atoms with E-state index in [2.05, 4.69) is 5.32 Å². The Kier molecular flexibility index (Phi) is 7.74. The van der Waals surface area contributed by atoms with Crippen molar-refractivity contribution in [3.05, 3.63) is 98.2 Å². The molecule has 0 radical (unpaired) electrons. The highest BCUT2D eigenvalue weighted by Crippen LogP contribution is 2.39. The molecule has 1 amide bonds. The number of rotatable bonds is 8. The summed E-state index contributed by atoms with van der Waals surface area (Å²) in [6, 6.07) is 15.9. The van der Waals surface area contributed by atoms with Crippen molar-refractivity contribution in [2.45, 2.75) is 19.9 Å². The van der Waals surface area contributed by atoms with Crippen molar-refractivity contribution in [3.8, 4) is 21.1 Å². The Bertz CT molecular complexity index is 2060. The zero-order valence-electron chi connectivity index (χ0n) is 22.7. The summed E-state index contributed by atoms with van der Waals surface area (Å²) < 4.78 is 8.54. The second-order valence-electron chi connectivity index (χ2n) is 9.58. The number of carbonyl (C=O) groups excluding carboxylic acids is 1. The van der Waals surface area contributed by atoms with Crippen LogP contribution in [0.15, 0.2) is 71.0 Å². The van der Waals surface area contributed by atoms with E-state index in [1.807, 2.05) is 36.6 Å². The molecule has 1 aromatic carbocycles. The Balaban J connectivity index is 1.54. The van der Waals surface area contributed by atoms with Crippen LogP contribution in [-0.4, -0.2) is 38.6 Å². The number of fused-ring (bicyclic) bond motifs is 2. The lowest BCUT2D eigenvalue weighted by molar-refractivity contribution is 0.102. The zero-order valence-corrected chi connectivity index (χ0v) is 25.1. The fraction of sp³-hybridized carbons (Fsp3) is 0.167. The van der Waals surface area contributed by atoms with Gasteiger partial charge in [0.15, 0.2) is 0 Å². The Hall–Kier alpha value is -4.16. The molecule has 5 heterocycles. The number of methoxy groups -OCH3 is 1. The predicted molar refractivity (Wildman–Crippen MR) is 168 cm³/mol. The van der Waals surface area contributed by atoms with Gasteiger partial charge in [-0.3, -0.25) is 19.4 Å². The molecule has 6 aromatic rings. The van der Waals surface area contributed by atoms with E-state index in [1.165, 1.54) is 27.1 Å². The van der Waals surface area contributed by atoms with Crippen LogP contribution in [0.4, 0.5) is 5.00 Å². The van der Waals surface area contributed by atoms with E-state index in [-0.39, 0.29) is 17.0 Å². The molecule has 6 rings (SSSR count). The zero-order chi connectivity index (χ0) is 29.4. The Labute approximate surface area is 253 Å². The molecule has 12 heteroatoms. The number of carbonyl (C=O) groups is 1. The van der Waals surface area contributed by atoms with Crippen LogP contribution >= 0.6 is 34.3 Å². The highest BCUT2D eigenvalue weighted by atomic mass is 35.5. The summed E-state index contributed by atoms with van der Waals surface area (Å²) in [6.07, 6.45) is 2.32. The number of hydrogen-bond donors (Lipinski definition) is 2. The molecular weight excluding hydrogens is 592 g/mol. The molecule has 2 N–H and O–H groups in total. The highest BCUT2D eigenvalue weighted by Gasteiger charge is 2.22. The van der Waals surface area contributed by atoms with Gasteiger partial charge in [0.1, 0.15) is 32.5 Å². The van der Waals surface area contributed by atoms with Crippen molar-refractivity contribution in [3.63, 3.8) is 0 Å². The maximum absolute atomic E-state index is 13.7. The predicted octanol–water partition coefficient (Wildman–Crippen LogP) is 6.23. The largest absolute Gasteiger partial charge is 0.385 e. The second-order valence-corrected chi connectivity index (χ2v) is 12.0. The summed E-state index contributed by atoms with van der Waals surface area (Å²) in [4.78, 5) is 37.5. The van der Waals surface area contributed by atoms with E-state index < -0.39 is 0 Å². The number of thiazole rings is 1. The van der Waals surface area contributed by atoms with Gasteiger partial charge < -0.3 is 14.6 Å². The van der Waals surface area contributed by atoms with Gasteiger partial charge in [-0.2, -0.15) is 0 Å². The van der Waals surface area contributed by atoms with Crippen LogP contribution in [0.25, 0.3) is 37.8 Å². The standard InChI is InChI=1S/C30H25ClN6O3S2/c1-17-6-3-12-37-25(17)34-26-21(30(37)39)16-20(24(32)36(26)13-5-14-40-2)28-33-23(22-7-4-15-41-22)29(42-28)35-27(38)18-8-10-19(31)11-9-18/h3-4,6-12,15-16,32H,5,13-14H2,1-2H3,(H,35,38). The molecule has 212 valence electrons. The minimum Gasteiger partial charge on any atom is -0.385 e. The minimum absolute atomic E-state index is 0.172. The van der Waals surface area contributed by atoms with Crippen molar-refractivity contribution in [1.82, 2.24) is 18.9 Å². The molecule has 0 atom stereocenters. The van der Waals surface area contributed by atoms with Crippen molar-refractivity contribution >= 4 is 61.9 Å². The molecular formula is C30H25ClN6O3S2. The number of aromatic nitrogens is 4. The first-order chi connectivity index (χ1) is 20.4. The van der Waals surface area contributed by atoms with Crippen LogP contribution < -0.4 is 16.4 Å². The maximum Gasteiger partial charge on any atom is 0.267 e. The van der Waals surface area contributed by atoms with Gasteiger partial charge in [-0.05, 0) is 66.8 Å². The van der Waals surface area contributed by atoms with E-state index in [0.29, 0.717) is 68.1 Å². The highest BCUT2D eigenvalue weighted by molar-refractivity contribution is 7.20. The molecule has 0 bridgehead atoms. The maximum atomic E-state index is 13.7. The molecule has 0 aliphatic heterocycles. The van der Waals surface area contributed by atoms with E-state index in [0.717, 1.165) is 10.4 Å². The number of halogens is 1. The number of aryl methyl sites for hydroxylation is 2. The quantitative estimate of drug-likeness (QED) is 0.155. The fourth-order valence-electron chi connectivity index (χ4n) is 4.72. The molecule has 0 fully saturated rings. The Morgan fingerprint density at radius 2 is 1.93 bits per heavy atom. The van der Waals surface area contributed by atoms with Gasteiger partial charge >= 0.3 is 0 Å². The molecule has 5 aromatic heterocycles. The Morgan fingerprint density at radius 3 is 2.67 bits per heavy atom. The van der Waals surface area contributed by atoms with Crippen LogP contribution in [-0.2, 0) is 11.3 Å². The lowest BCUT2D eigenvalue weighted by atomic mass is 10.2. The minimum atomic E-state index is -0.303. The Morgan fingerprint density at radius 1 is 1.12 bits per heavy atom. The number of nitrogens with one attached hydrogen (secondary N) is 2. The topological polar surface area (TPSA) is 114 Å². The number of amides is 1. The summed E-state index contributed by atoms with van der Waals surface area (Å²) in [5.41, 5.74) is 3.31. The van der Waals surface area contributed by atoms with Gasteiger partial charge in [0.05, 0.1) is 15.8 Å². The molecule has 9 nitrogen and oxygen atoms in total. The van der Waals surface area contributed by atoms with E-state index in [1.54, 1.807) is 48.2 Å². The van der Waals surface area contributed by atoms with Crippen LogP contribution in [0.1, 0.15) is 22.3 Å². The average molecular weight is 617 g/mol. The first-order valence-corrected chi connectivity index (χ1v) is 15.1. The van der Waals surface area contributed by atoms with Gasteiger partial charge in [0, 0.05) is 37.0 Å². The number of anilines is 1. The number of hydrogen-bond acceptors (Lipinski definition) is 8. The molecule has 0 saturated heterocycles. The number of thiophene rings is 1. The summed E-state index contributed by atoms with van der Waals surface area (Å²) in [6.45, 7) is 2.82. The van der Waals surface area contributed by atoms with Gasteiger partial charge in [-0.15, -0.1) is 11.3 Å². The molecule has 0 spiro atoms. The van der Waals surface area contributed by atoms with Crippen molar-refractivity contribution in [2.75, 3.05) is 19.0 Å². The smallest absolute Gasteiger partial charge is 0.267 e. The monoisotopic (exact) mass is 616 g/mol. The van der Waals surface area contributed by atoms with E-state index in [4.69, 9.17) is 26.3 Å². The third kappa shape index (κ3) is 5.16. The van der Waals surface area contributed by atoms with E-state index in [9.17, 15) is 15.0 Å². The summed E-state index contributed by atoms with van der Waals surface area (Å²) in [5.74, 6) is -0.303. The molecule has 0 saturated carbocycles. The lowest BCUT2D eigenvalue weighted by Crippen LogP contribution is -2.27. The van der Waals surface area contributed by atoms with Crippen molar-refractivity contribution in [2.24, 2.45) is 0 Å². The van der Waals surface area contributed by atoms with Crippen LogP contribution in [0, 0.1) is 12.3 Å². The molecule has 42 heavy (non-hydrogen) atoms. The third-order valence-electron chi connectivity index (χ3n) is 6.81. The SMILES string of the molecule is COCCCn1c(=N)c(-c2nc(-c3cccs3)c(NC(=O)c3ccc(Cl)cc3)s2)cc2c(=O)n3cccc(C)c3nc21. The number of pyridine rings is 2. The first kappa shape index (κ1) is 28.0. The number of benzene rings is 1. The van der Waals surface area contributed by atoms with Gasteiger partial charge in [0.25, 0.3) is 11.5 Å². The van der Waals surface area contributed by atoms with Crippen LogP contribution in [0.3, 0.4) is 0 Å². The van der Waals surface area contributed by atoms with Crippen molar-refractivity contribution in [1.29, 1.82) is 5.41 Å². The van der Waals surface area contributed by atoms with Gasteiger partial charge in [-0.25, -0.2) is 9.97 Å². The molecule has 0 aliphatic carbocycles. The van der Waals surface area contributed by atoms with Crippen LogP contribution in [0.2, 0.25) is 5.02 Å². The molecule has 0 aliphatic rings. The van der Waals surface area contributed by atoms with Crippen molar-refractivity contribution < 1.29 is 9.53 Å². The third-order valence-corrected chi connectivity index (χ3v) is 8.94. The summed E-state index contributed by atoms with van der Waals surface area (Å²) >= 11 is 8.76. The fourth-order valence-corrected chi connectivity index (χ4v) is 6.62. The summed E-state index contributed by atoms with van der Waals surface area (Å²) in [7, 11) is 1.63. The van der Waals surface area contributed by atoms with Crippen LogP contribution in [0.5, 0.6) is 0 Å². The van der Waals surface area contributed by atoms with Gasteiger partial charge in [0.2, 0.25) is 0 Å². The summed E-state index contributed by atoms with van der Waals surface area (Å²) in [5, 5.41) is 16.1. The average Bonchev–Trinajstić information content (AvgIpc) is 3.66. The normalized spacial score (nSPS) is 11.4.